The van der Waals surface area contributed by atoms with Crippen LogP contribution in [0.2, 0.25) is 0 Å². The average molecular weight is 294 g/mol. The highest BCUT2D eigenvalue weighted by Crippen LogP contribution is 2.30. The van der Waals surface area contributed by atoms with Crippen molar-refractivity contribution in [3.8, 4) is 5.75 Å². The van der Waals surface area contributed by atoms with E-state index in [1.54, 1.807) is 6.07 Å². The van der Waals surface area contributed by atoms with Crippen molar-refractivity contribution in [2.45, 2.75) is 58.4 Å². The zero-order chi connectivity index (χ0) is 15.7. The van der Waals surface area contributed by atoms with Crippen LogP contribution in [-0.4, -0.2) is 18.1 Å². The number of unbranched alkanes of at least 4 members (excludes halogenated alkanes) is 4. The lowest BCUT2D eigenvalue weighted by Gasteiger charge is -2.15. The van der Waals surface area contributed by atoms with Gasteiger partial charge in [-0.25, -0.2) is 0 Å². The molecule has 21 heavy (non-hydrogen) atoms. The molecular formula is C16H26N2O3. The summed E-state index contributed by atoms with van der Waals surface area (Å²) < 4.78 is 5.00. The topological polar surface area (TPSA) is 64.4 Å². The molecule has 5 nitrogen and oxygen atoms in total. The lowest BCUT2D eigenvalue weighted by atomic mass is 10.1. The maximum atomic E-state index is 11.0. The predicted molar refractivity (Wildman–Crippen MR) is 86.1 cm³/mol. The molecule has 0 bridgehead atoms. The first kappa shape index (κ1) is 17.3. The van der Waals surface area contributed by atoms with E-state index in [0.29, 0.717) is 6.04 Å². The van der Waals surface area contributed by atoms with Crippen LogP contribution >= 0.6 is 0 Å². The van der Waals surface area contributed by atoms with Crippen LogP contribution in [0.4, 0.5) is 11.4 Å². The van der Waals surface area contributed by atoms with Gasteiger partial charge in [0.05, 0.1) is 12.0 Å². The summed E-state index contributed by atoms with van der Waals surface area (Å²) in [7, 11) is 1.44. The van der Waals surface area contributed by atoms with Gasteiger partial charge in [-0.05, 0) is 25.5 Å². The Labute approximate surface area is 126 Å². The first-order valence-electron chi connectivity index (χ1n) is 7.67. The number of rotatable bonds is 10. The number of hydrogen-bond donors (Lipinski definition) is 1. The van der Waals surface area contributed by atoms with E-state index in [2.05, 4.69) is 19.2 Å². The molecule has 5 heteroatoms. The molecule has 1 unspecified atom stereocenters. The molecule has 0 aliphatic rings. The van der Waals surface area contributed by atoms with E-state index in [1.807, 2.05) is 6.07 Å². The number of nitrogens with zero attached hydrogens (tertiary/aromatic N) is 1. The molecule has 0 aromatic heterocycles. The largest absolute Gasteiger partial charge is 0.490 e. The number of hydrogen-bond acceptors (Lipinski definition) is 4. The number of methoxy groups -OCH3 is 1. The quantitative estimate of drug-likeness (QED) is 0.384. The van der Waals surface area contributed by atoms with Crippen LogP contribution in [0.25, 0.3) is 0 Å². The van der Waals surface area contributed by atoms with Crippen molar-refractivity contribution in [1.29, 1.82) is 0 Å². The van der Waals surface area contributed by atoms with Crippen molar-refractivity contribution >= 4 is 11.4 Å². The molecule has 118 valence electrons. The van der Waals surface area contributed by atoms with E-state index >= 15 is 0 Å². The molecule has 1 aromatic rings. The van der Waals surface area contributed by atoms with Crippen molar-refractivity contribution in [3.63, 3.8) is 0 Å². The molecule has 0 radical (unpaired) electrons. The molecule has 0 fully saturated rings. The SMILES string of the molecule is CCCCCCCC(C)Nc1ccc(OC)c([N+](=O)[O-])c1. The molecular weight excluding hydrogens is 268 g/mol. The van der Waals surface area contributed by atoms with Gasteiger partial charge < -0.3 is 10.1 Å². The van der Waals surface area contributed by atoms with Crippen LogP contribution in [-0.2, 0) is 0 Å². The van der Waals surface area contributed by atoms with Gasteiger partial charge in [0.15, 0.2) is 5.75 Å². The van der Waals surface area contributed by atoms with Crippen molar-refractivity contribution < 1.29 is 9.66 Å². The second-order valence-electron chi connectivity index (χ2n) is 5.39. The summed E-state index contributed by atoms with van der Waals surface area (Å²) in [6.45, 7) is 4.32. The summed E-state index contributed by atoms with van der Waals surface area (Å²) in [5.74, 6) is 0.290. The fourth-order valence-electron chi connectivity index (χ4n) is 2.33. The zero-order valence-corrected chi connectivity index (χ0v) is 13.2. The van der Waals surface area contributed by atoms with Gasteiger partial charge in [0.25, 0.3) is 0 Å². The molecule has 0 aliphatic heterocycles. The molecule has 1 N–H and O–H groups in total. The second-order valence-corrected chi connectivity index (χ2v) is 5.39. The Kier molecular flexibility index (Phi) is 7.58. The van der Waals surface area contributed by atoms with Crippen molar-refractivity contribution in [2.24, 2.45) is 0 Å². The minimum absolute atomic E-state index is 0.00218. The average Bonchev–Trinajstić information content (AvgIpc) is 2.47. The van der Waals surface area contributed by atoms with Crippen LogP contribution < -0.4 is 10.1 Å². The van der Waals surface area contributed by atoms with Crippen LogP contribution in [0.1, 0.15) is 52.4 Å². The Hall–Kier alpha value is -1.78. The lowest BCUT2D eigenvalue weighted by molar-refractivity contribution is -0.385. The molecule has 0 saturated heterocycles. The first-order valence-corrected chi connectivity index (χ1v) is 7.67. The third-order valence-corrected chi connectivity index (χ3v) is 3.53. The molecule has 1 atom stereocenters. The molecule has 0 heterocycles. The predicted octanol–water partition coefficient (Wildman–Crippen LogP) is 4.76. The van der Waals surface area contributed by atoms with Gasteiger partial charge in [0, 0.05) is 17.8 Å². The highest BCUT2D eigenvalue weighted by atomic mass is 16.6. The first-order chi connectivity index (χ1) is 10.1. The van der Waals surface area contributed by atoms with E-state index in [-0.39, 0.29) is 11.4 Å². The maximum absolute atomic E-state index is 11.0. The zero-order valence-electron chi connectivity index (χ0n) is 13.2. The number of nitro groups is 1. The summed E-state index contributed by atoms with van der Waals surface area (Å²) in [4.78, 5) is 10.6. The summed E-state index contributed by atoms with van der Waals surface area (Å²) in [5.41, 5.74) is 0.765. The van der Waals surface area contributed by atoms with Gasteiger partial charge in [-0.1, -0.05) is 39.0 Å². The van der Waals surface area contributed by atoms with E-state index in [4.69, 9.17) is 4.74 Å². The number of anilines is 1. The number of benzene rings is 1. The Bertz CT molecular complexity index is 449. The normalized spacial score (nSPS) is 12.0. The Morgan fingerprint density at radius 1 is 1.29 bits per heavy atom. The smallest absolute Gasteiger partial charge is 0.312 e. The molecule has 0 amide bonds. The van der Waals surface area contributed by atoms with Gasteiger partial charge in [0.2, 0.25) is 0 Å². The molecule has 0 aliphatic carbocycles. The summed E-state index contributed by atoms with van der Waals surface area (Å²) in [5, 5.41) is 14.3. The van der Waals surface area contributed by atoms with Gasteiger partial charge in [-0.2, -0.15) is 0 Å². The van der Waals surface area contributed by atoms with Crippen LogP contribution in [0.15, 0.2) is 18.2 Å². The second kappa shape index (κ2) is 9.21. The number of nitrogens with one attached hydrogen (secondary N) is 1. The fraction of sp³-hybridized carbons (Fsp3) is 0.625. The van der Waals surface area contributed by atoms with Crippen molar-refractivity contribution in [3.05, 3.63) is 28.3 Å². The lowest BCUT2D eigenvalue weighted by Crippen LogP contribution is -2.15. The van der Waals surface area contributed by atoms with Crippen molar-refractivity contribution in [2.75, 3.05) is 12.4 Å². The van der Waals surface area contributed by atoms with E-state index in [9.17, 15) is 10.1 Å². The van der Waals surface area contributed by atoms with Crippen LogP contribution in [0.3, 0.4) is 0 Å². The summed E-state index contributed by atoms with van der Waals surface area (Å²) >= 11 is 0. The molecule has 0 spiro atoms. The Balaban J connectivity index is 2.50. The van der Waals surface area contributed by atoms with Gasteiger partial charge in [-0.3, -0.25) is 10.1 Å². The Morgan fingerprint density at radius 3 is 2.62 bits per heavy atom. The van der Waals surface area contributed by atoms with E-state index in [0.717, 1.165) is 12.1 Å². The fourth-order valence-corrected chi connectivity index (χ4v) is 2.33. The minimum atomic E-state index is -0.417. The Morgan fingerprint density at radius 2 is 2.00 bits per heavy atom. The monoisotopic (exact) mass is 294 g/mol. The maximum Gasteiger partial charge on any atom is 0.312 e. The number of ether oxygens (including phenoxy) is 1. The van der Waals surface area contributed by atoms with Gasteiger partial charge in [0.1, 0.15) is 0 Å². The third-order valence-electron chi connectivity index (χ3n) is 3.53. The van der Waals surface area contributed by atoms with Crippen LogP contribution in [0.5, 0.6) is 5.75 Å². The molecule has 0 saturated carbocycles. The highest BCUT2D eigenvalue weighted by molar-refractivity contribution is 5.58. The van der Waals surface area contributed by atoms with Crippen molar-refractivity contribution in [1.82, 2.24) is 0 Å². The minimum Gasteiger partial charge on any atom is -0.490 e. The number of nitro benzene ring substituents is 1. The summed E-state index contributed by atoms with van der Waals surface area (Å²) in [6, 6.07) is 5.29. The standard InChI is InChI=1S/C16H26N2O3/c1-4-5-6-7-8-9-13(2)17-14-10-11-16(21-3)15(12-14)18(19)20/h10-13,17H,4-9H2,1-3H3. The van der Waals surface area contributed by atoms with Crippen LogP contribution in [0, 0.1) is 10.1 Å². The van der Waals surface area contributed by atoms with Gasteiger partial charge >= 0.3 is 5.69 Å². The highest BCUT2D eigenvalue weighted by Gasteiger charge is 2.15. The molecule has 1 rings (SSSR count). The van der Waals surface area contributed by atoms with Gasteiger partial charge in [-0.15, -0.1) is 0 Å². The van der Waals surface area contributed by atoms with E-state index < -0.39 is 4.92 Å². The molecule has 1 aromatic carbocycles. The third kappa shape index (κ3) is 6.02. The summed E-state index contributed by atoms with van der Waals surface area (Å²) in [6.07, 6.45) is 7.35. The van der Waals surface area contributed by atoms with E-state index in [1.165, 1.54) is 45.3 Å².